The molecule has 1 saturated carbocycles. The monoisotopic (exact) mass is 169 g/mol. The predicted octanol–water partition coefficient (Wildman–Crippen LogP) is 2.67. The van der Waals surface area contributed by atoms with Crippen LogP contribution in [0.5, 0.6) is 0 Å². The first-order valence-corrected chi connectivity index (χ1v) is 5.30. The normalized spacial score (nSPS) is 39.5. The van der Waals surface area contributed by atoms with E-state index in [0.29, 0.717) is 6.04 Å². The second-order valence-electron chi connectivity index (χ2n) is 4.75. The molecule has 0 radical (unpaired) electrons. The second kappa shape index (κ2) is 4.27. The third-order valence-electron chi connectivity index (χ3n) is 3.38. The Morgan fingerprint density at radius 1 is 1.08 bits per heavy atom. The van der Waals surface area contributed by atoms with Crippen molar-refractivity contribution in [2.24, 2.45) is 17.8 Å². The Morgan fingerprint density at radius 3 is 2.00 bits per heavy atom. The molecule has 12 heavy (non-hydrogen) atoms. The molecular formula is C11H23N. The van der Waals surface area contributed by atoms with Gasteiger partial charge in [-0.2, -0.15) is 0 Å². The van der Waals surface area contributed by atoms with Crippen LogP contribution >= 0.6 is 0 Å². The fourth-order valence-corrected chi connectivity index (χ4v) is 2.65. The van der Waals surface area contributed by atoms with Crippen molar-refractivity contribution in [2.75, 3.05) is 7.05 Å². The number of rotatable bonds is 2. The molecule has 1 nitrogen and oxygen atoms in total. The minimum atomic E-state index is 0.704. The Hall–Kier alpha value is -0.0400. The maximum Gasteiger partial charge on any atom is 0.00641 e. The molecule has 0 heterocycles. The third kappa shape index (κ3) is 2.48. The van der Waals surface area contributed by atoms with E-state index >= 15 is 0 Å². The number of hydrogen-bond donors (Lipinski definition) is 1. The predicted molar refractivity (Wildman–Crippen MR) is 54.2 cm³/mol. The molecule has 1 fully saturated rings. The molecular weight excluding hydrogens is 146 g/mol. The van der Waals surface area contributed by atoms with Crippen LogP contribution in [0.3, 0.4) is 0 Å². The van der Waals surface area contributed by atoms with Crippen LogP contribution in [-0.2, 0) is 0 Å². The van der Waals surface area contributed by atoms with E-state index in [-0.39, 0.29) is 0 Å². The van der Waals surface area contributed by atoms with Crippen molar-refractivity contribution in [1.29, 1.82) is 0 Å². The van der Waals surface area contributed by atoms with Crippen molar-refractivity contribution < 1.29 is 0 Å². The van der Waals surface area contributed by atoms with Crippen molar-refractivity contribution in [3.63, 3.8) is 0 Å². The van der Waals surface area contributed by atoms with Gasteiger partial charge in [-0.1, -0.05) is 13.8 Å². The van der Waals surface area contributed by atoms with Gasteiger partial charge in [0.1, 0.15) is 0 Å². The largest absolute Gasteiger partial charge is 0.317 e. The van der Waals surface area contributed by atoms with Crippen molar-refractivity contribution >= 4 is 0 Å². The molecule has 0 saturated heterocycles. The zero-order valence-corrected chi connectivity index (χ0v) is 8.93. The van der Waals surface area contributed by atoms with Crippen molar-refractivity contribution in [3.05, 3.63) is 0 Å². The van der Waals surface area contributed by atoms with Crippen LogP contribution in [-0.4, -0.2) is 13.1 Å². The lowest BCUT2D eigenvalue weighted by Crippen LogP contribution is -2.35. The van der Waals surface area contributed by atoms with E-state index in [1.54, 1.807) is 0 Å². The van der Waals surface area contributed by atoms with Gasteiger partial charge in [-0.25, -0.2) is 0 Å². The molecule has 0 aliphatic heterocycles. The Morgan fingerprint density at radius 2 is 1.58 bits per heavy atom. The third-order valence-corrected chi connectivity index (χ3v) is 3.38. The molecule has 1 aliphatic carbocycles. The highest BCUT2D eigenvalue weighted by atomic mass is 14.9. The van der Waals surface area contributed by atoms with Gasteiger partial charge in [0.2, 0.25) is 0 Å². The zero-order chi connectivity index (χ0) is 9.14. The average Bonchev–Trinajstić information content (AvgIpc) is 2.01. The van der Waals surface area contributed by atoms with Crippen LogP contribution in [0.4, 0.5) is 0 Å². The van der Waals surface area contributed by atoms with Crippen LogP contribution < -0.4 is 5.32 Å². The van der Waals surface area contributed by atoms with E-state index in [4.69, 9.17) is 0 Å². The SMILES string of the molecule is CNC(C)C1CC(C)CC(C)C1. The van der Waals surface area contributed by atoms with Gasteiger partial charge in [0.05, 0.1) is 0 Å². The molecule has 0 amide bonds. The summed E-state index contributed by atoms with van der Waals surface area (Å²) in [6.07, 6.45) is 4.28. The molecule has 0 aromatic carbocycles. The molecule has 1 N–H and O–H groups in total. The smallest absolute Gasteiger partial charge is 0.00641 e. The number of hydrogen-bond acceptors (Lipinski definition) is 1. The van der Waals surface area contributed by atoms with E-state index in [9.17, 15) is 0 Å². The van der Waals surface area contributed by atoms with Gasteiger partial charge in [0.15, 0.2) is 0 Å². The lowest BCUT2D eigenvalue weighted by atomic mass is 9.74. The van der Waals surface area contributed by atoms with Crippen LogP contribution in [0.2, 0.25) is 0 Å². The first kappa shape index (κ1) is 10.0. The van der Waals surface area contributed by atoms with Gasteiger partial charge in [0.25, 0.3) is 0 Å². The molecule has 0 aromatic heterocycles. The van der Waals surface area contributed by atoms with Gasteiger partial charge in [-0.15, -0.1) is 0 Å². The van der Waals surface area contributed by atoms with Crippen molar-refractivity contribution in [2.45, 2.75) is 46.1 Å². The summed E-state index contributed by atoms with van der Waals surface area (Å²) < 4.78 is 0. The summed E-state index contributed by atoms with van der Waals surface area (Å²) in [6.45, 7) is 7.10. The fraction of sp³-hybridized carbons (Fsp3) is 1.00. The second-order valence-corrected chi connectivity index (χ2v) is 4.75. The molecule has 1 heteroatoms. The molecule has 72 valence electrons. The Bertz CT molecular complexity index is 123. The van der Waals surface area contributed by atoms with Crippen LogP contribution in [0.15, 0.2) is 0 Å². The Kier molecular flexibility index (Phi) is 3.57. The van der Waals surface area contributed by atoms with Crippen LogP contribution in [0.1, 0.15) is 40.0 Å². The molecule has 3 unspecified atom stereocenters. The lowest BCUT2D eigenvalue weighted by Gasteiger charge is -2.34. The maximum atomic E-state index is 3.38. The lowest BCUT2D eigenvalue weighted by molar-refractivity contribution is 0.187. The molecule has 0 bridgehead atoms. The van der Waals surface area contributed by atoms with Crippen molar-refractivity contribution in [3.8, 4) is 0 Å². The van der Waals surface area contributed by atoms with Gasteiger partial charge < -0.3 is 5.32 Å². The highest BCUT2D eigenvalue weighted by Crippen LogP contribution is 2.34. The van der Waals surface area contributed by atoms with Crippen LogP contribution in [0, 0.1) is 17.8 Å². The average molecular weight is 169 g/mol. The summed E-state index contributed by atoms with van der Waals surface area (Å²) in [5, 5.41) is 3.38. The Labute approximate surface area is 76.9 Å². The van der Waals surface area contributed by atoms with Gasteiger partial charge >= 0.3 is 0 Å². The van der Waals surface area contributed by atoms with E-state index in [2.05, 4.69) is 33.1 Å². The molecule has 0 aromatic rings. The fourth-order valence-electron chi connectivity index (χ4n) is 2.65. The first-order chi connectivity index (χ1) is 5.63. The number of nitrogens with one attached hydrogen (secondary N) is 1. The topological polar surface area (TPSA) is 12.0 Å². The Balaban J connectivity index is 2.43. The highest BCUT2D eigenvalue weighted by Gasteiger charge is 2.26. The molecule has 1 rings (SSSR count). The minimum Gasteiger partial charge on any atom is -0.317 e. The summed E-state index contributed by atoms with van der Waals surface area (Å²) in [5.41, 5.74) is 0. The minimum absolute atomic E-state index is 0.704. The molecule has 0 spiro atoms. The summed E-state index contributed by atoms with van der Waals surface area (Å²) in [4.78, 5) is 0. The van der Waals surface area contributed by atoms with E-state index in [1.807, 2.05) is 0 Å². The van der Waals surface area contributed by atoms with Crippen molar-refractivity contribution in [1.82, 2.24) is 5.32 Å². The summed E-state index contributed by atoms with van der Waals surface area (Å²) in [6, 6.07) is 0.704. The van der Waals surface area contributed by atoms with E-state index in [1.165, 1.54) is 19.3 Å². The van der Waals surface area contributed by atoms with E-state index < -0.39 is 0 Å². The summed E-state index contributed by atoms with van der Waals surface area (Å²) in [5.74, 6) is 2.79. The van der Waals surface area contributed by atoms with Gasteiger partial charge in [-0.3, -0.25) is 0 Å². The maximum absolute atomic E-state index is 3.38. The molecule has 3 atom stereocenters. The van der Waals surface area contributed by atoms with E-state index in [0.717, 1.165) is 17.8 Å². The molecule has 1 aliphatic rings. The standard InChI is InChI=1S/C11H23N/c1-8-5-9(2)7-11(6-8)10(3)12-4/h8-12H,5-7H2,1-4H3. The van der Waals surface area contributed by atoms with Gasteiger partial charge in [-0.05, 0) is 51.0 Å². The highest BCUT2D eigenvalue weighted by molar-refractivity contribution is 4.80. The summed E-state index contributed by atoms with van der Waals surface area (Å²) in [7, 11) is 2.08. The van der Waals surface area contributed by atoms with Gasteiger partial charge in [0, 0.05) is 6.04 Å². The first-order valence-electron chi connectivity index (χ1n) is 5.30. The zero-order valence-electron chi connectivity index (χ0n) is 8.93. The summed E-state index contributed by atoms with van der Waals surface area (Å²) >= 11 is 0. The van der Waals surface area contributed by atoms with Crippen LogP contribution in [0.25, 0.3) is 0 Å². The quantitative estimate of drug-likeness (QED) is 0.670.